The molecule has 8 heteroatoms. The number of hydrogen-bond donors (Lipinski definition) is 3. The first-order valence-electron chi connectivity index (χ1n) is 7.77. The van der Waals surface area contributed by atoms with Crippen molar-refractivity contribution in [2.75, 3.05) is 5.32 Å². The van der Waals surface area contributed by atoms with Crippen molar-refractivity contribution < 1.29 is 14.7 Å². The van der Waals surface area contributed by atoms with Crippen LogP contribution in [-0.2, 0) is 10.5 Å². The standard InChI is InChI=1S/C18H16N4O3S/c1-11(23)19-15-4-2-3-14(9-15)16-20-18(22-21-16)26-10-12-5-7-13(8-6-12)17(24)25/h2-9H,10H2,1H3,(H,19,23)(H,24,25)(H,20,21,22). The highest BCUT2D eigenvalue weighted by Gasteiger charge is 2.08. The highest BCUT2D eigenvalue weighted by molar-refractivity contribution is 7.98. The number of rotatable bonds is 6. The highest BCUT2D eigenvalue weighted by atomic mass is 32.2. The van der Waals surface area contributed by atoms with Gasteiger partial charge in [-0.15, -0.1) is 5.10 Å². The lowest BCUT2D eigenvalue weighted by Gasteiger charge is -2.03. The number of anilines is 1. The van der Waals surface area contributed by atoms with Crippen LogP contribution in [0, 0.1) is 0 Å². The zero-order valence-corrected chi connectivity index (χ0v) is 14.7. The van der Waals surface area contributed by atoms with Crippen molar-refractivity contribution in [2.45, 2.75) is 17.8 Å². The number of carboxylic acid groups (broad SMARTS) is 1. The Kier molecular flexibility index (Phi) is 5.33. The third-order valence-corrected chi connectivity index (χ3v) is 4.41. The Balaban J connectivity index is 1.66. The summed E-state index contributed by atoms with van der Waals surface area (Å²) in [4.78, 5) is 26.5. The molecule has 2 aromatic carbocycles. The number of thioether (sulfide) groups is 1. The molecule has 0 aliphatic rings. The van der Waals surface area contributed by atoms with Crippen LogP contribution in [0.4, 0.5) is 5.69 Å². The fourth-order valence-corrected chi connectivity index (χ4v) is 3.03. The molecule has 7 nitrogen and oxygen atoms in total. The Bertz CT molecular complexity index is 938. The van der Waals surface area contributed by atoms with Gasteiger partial charge in [0.25, 0.3) is 0 Å². The number of aromatic amines is 1. The highest BCUT2D eigenvalue weighted by Crippen LogP contribution is 2.24. The lowest BCUT2D eigenvalue weighted by molar-refractivity contribution is -0.114. The zero-order valence-electron chi connectivity index (χ0n) is 13.9. The van der Waals surface area contributed by atoms with Crippen LogP contribution in [0.25, 0.3) is 11.4 Å². The smallest absolute Gasteiger partial charge is 0.335 e. The summed E-state index contributed by atoms with van der Waals surface area (Å²) in [5, 5.41) is 19.3. The van der Waals surface area contributed by atoms with Crippen LogP contribution < -0.4 is 5.32 Å². The molecule has 1 aromatic heterocycles. The first kappa shape index (κ1) is 17.7. The summed E-state index contributed by atoms with van der Waals surface area (Å²) in [5.74, 6) is 0.165. The second-order valence-corrected chi connectivity index (χ2v) is 6.46. The van der Waals surface area contributed by atoms with E-state index in [0.29, 0.717) is 22.4 Å². The van der Waals surface area contributed by atoms with E-state index in [1.54, 1.807) is 30.3 Å². The van der Waals surface area contributed by atoms with Gasteiger partial charge in [-0.2, -0.15) is 0 Å². The molecule has 1 amide bonds. The van der Waals surface area contributed by atoms with Crippen molar-refractivity contribution in [1.82, 2.24) is 15.2 Å². The average molecular weight is 368 g/mol. The third kappa shape index (κ3) is 4.48. The predicted molar refractivity (Wildman–Crippen MR) is 99.1 cm³/mol. The van der Waals surface area contributed by atoms with E-state index in [4.69, 9.17) is 5.11 Å². The number of aromatic nitrogens is 3. The van der Waals surface area contributed by atoms with Crippen molar-refractivity contribution in [3.05, 3.63) is 59.7 Å². The monoisotopic (exact) mass is 368 g/mol. The number of hydrogen-bond acceptors (Lipinski definition) is 5. The van der Waals surface area contributed by atoms with Crippen molar-refractivity contribution in [3.8, 4) is 11.4 Å². The molecule has 3 aromatic rings. The Morgan fingerprint density at radius 1 is 1.19 bits per heavy atom. The molecule has 0 saturated carbocycles. The van der Waals surface area contributed by atoms with Crippen LogP contribution in [0.15, 0.2) is 53.7 Å². The maximum atomic E-state index is 11.2. The minimum atomic E-state index is -0.940. The van der Waals surface area contributed by atoms with Crippen LogP contribution in [0.2, 0.25) is 0 Å². The maximum absolute atomic E-state index is 11.2. The van der Waals surface area contributed by atoms with E-state index in [2.05, 4.69) is 20.5 Å². The number of amides is 1. The van der Waals surface area contributed by atoms with Crippen LogP contribution in [0.5, 0.6) is 0 Å². The fourth-order valence-electron chi connectivity index (χ4n) is 2.28. The minimum absolute atomic E-state index is 0.134. The van der Waals surface area contributed by atoms with Gasteiger partial charge in [0.2, 0.25) is 11.1 Å². The van der Waals surface area contributed by atoms with Crippen molar-refractivity contribution in [3.63, 3.8) is 0 Å². The molecule has 0 atom stereocenters. The number of nitrogens with zero attached hydrogens (tertiary/aromatic N) is 2. The van der Waals surface area contributed by atoms with E-state index < -0.39 is 5.97 Å². The van der Waals surface area contributed by atoms with E-state index in [1.807, 2.05) is 18.2 Å². The molecule has 0 radical (unpaired) electrons. The molecule has 3 N–H and O–H groups in total. The Morgan fingerprint density at radius 3 is 2.65 bits per heavy atom. The molecule has 1 heterocycles. The molecule has 0 bridgehead atoms. The van der Waals surface area contributed by atoms with Gasteiger partial charge in [0.15, 0.2) is 5.82 Å². The number of nitrogens with one attached hydrogen (secondary N) is 2. The molecule has 26 heavy (non-hydrogen) atoms. The van der Waals surface area contributed by atoms with Gasteiger partial charge in [0, 0.05) is 23.9 Å². The first-order chi connectivity index (χ1) is 12.5. The molecule has 0 unspecified atom stereocenters. The average Bonchev–Trinajstić information content (AvgIpc) is 3.09. The molecule has 0 saturated heterocycles. The Labute approximate surface area is 153 Å². The summed E-state index contributed by atoms with van der Waals surface area (Å²) < 4.78 is 0. The normalized spacial score (nSPS) is 10.5. The van der Waals surface area contributed by atoms with Crippen LogP contribution in [0.3, 0.4) is 0 Å². The van der Waals surface area contributed by atoms with Crippen molar-refractivity contribution in [1.29, 1.82) is 0 Å². The molecular weight excluding hydrogens is 352 g/mol. The number of carboxylic acids is 1. The van der Waals surface area contributed by atoms with Crippen LogP contribution >= 0.6 is 11.8 Å². The van der Waals surface area contributed by atoms with Gasteiger partial charge in [-0.25, -0.2) is 9.78 Å². The Hall–Kier alpha value is -3.13. The number of H-pyrrole nitrogens is 1. The lowest BCUT2D eigenvalue weighted by atomic mass is 10.1. The molecule has 0 aliphatic heterocycles. The van der Waals surface area contributed by atoms with Gasteiger partial charge in [-0.05, 0) is 29.8 Å². The maximum Gasteiger partial charge on any atom is 0.335 e. The van der Waals surface area contributed by atoms with Gasteiger partial charge in [0.05, 0.1) is 5.56 Å². The quantitative estimate of drug-likeness (QED) is 0.575. The summed E-state index contributed by atoms with van der Waals surface area (Å²) in [6.07, 6.45) is 0. The van der Waals surface area contributed by atoms with E-state index in [0.717, 1.165) is 11.1 Å². The molecule has 132 valence electrons. The number of carbonyl (C=O) groups excluding carboxylic acids is 1. The summed E-state index contributed by atoms with van der Waals surface area (Å²) in [7, 11) is 0. The van der Waals surface area contributed by atoms with Crippen LogP contribution in [-0.4, -0.2) is 32.2 Å². The predicted octanol–water partition coefficient (Wildman–Crippen LogP) is 3.42. The SMILES string of the molecule is CC(=O)Nc1cccc(-c2nc(SCc3ccc(C(=O)O)cc3)n[nH]2)c1. The summed E-state index contributed by atoms with van der Waals surface area (Å²) >= 11 is 1.45. The van der Waals surface area contributed by atoms with Crippen LogP contribution in [0.1, 0.15) is 22.8 Å². The fraction of sp³-hybridized carbons (Fsp3) is 0.111. The van der Waals surface area contributed by atoms with Gasteiger partial charge >= 0.3 is 5.97 Å². The van der Waals surface area contributed by atoms with Crippen molar-refractivity contribution >= 4 is 29.3 Å². The van der Waals surface area contributed by atoms with Crippen molar-refractivity contribution in [2.24, 2.45) is 0 Å². The topological polar surface area (TPSA) is 108 Å². The summed E-state index contributed by atoms with van der Waals surface area (Å²) in [6, 6.07) is 14.1. The second kappa shape index (κ2) is 7.83. The molecule has 0 aliphatic carbocycles. The van der Waals surface area contributed by atoms with Gasteiger partial charge in [-0.3, -0.25) is 9.89 Å². The largest absolute Gasteiger partial charge is 0.478 e. The molecule has 3 rings (SSSR count). The lowest BCUT2D eigenvalue weighted by Crippen LogP contribution is -2.05. The minimum Gasteiger partial charge on any atom is -0.478 e. The third-order valence-electron chi connectivity index (χ3n) is 3.49. The molecular formula is C18H16N4O3S. The zero-order chi connectivity index (χ0) is 18.5. The van der Waals surface area contributed by atoms with E-state index in [-0.39, 0.29) is 11.5 Å². The van der Waals surface area contributed by atoms with E-state index in [1.165, 1.54) is 18.7 Å². The van der Waals surface area contributed by atoms with Gasteiger partial charge in [-0.1, -0.05) is 36.0 Å². The summed E-state index contributed by atoms with van der Waals surface area (Å²) in [6.45, 7) is 1.46. The Morgan fingerprint density at radius 2 is 1.96 bits per heavy atom. The number of benzene rings is 2. The number of carbonyl (C=O) groups is 2. The second-order valence-electron chi connectivity index (χ2n) is 5.52. The van der Waals surface area contributed by atoms with Gasteiger partial charge < -0.3 is 10.4 Å². The first-order valence-corrected chi connectivity index (χ1v) is 8.75. The van der Waals surface area contributed by atoms with Gasteiger partial charge in [0.1, 0.15) is 0 Å². The molecule has 0 spiro atoms. The summed E-state index contributed by atoms with van der Waals surface area (Å²) in [5.41, 5.74) is 2.76. The molecule has 0 fully saturated rings. The van der Waals surface area contributed by atoms with E-state index >= 15 is 0 Å². The number of aromatic carboxylic acids is 1. The van der Waals surface area contributed by atoms with E-state index in [9.17, 15) is 9.59 Å².